The number of hydrazine groups is 1. The Hall–Kier alpha value is -3.32. The minimum absolute atomic E-state index is 0.0523. The summed E-state index contributed by atoms with van der Waals surface area (Å²) in [5.74, 6) is -3.36. The lowest BCUT2D eigenvalue weighted by Crippen LogP contribution is -2.27. The summed E-state index contributed by atoms with van der Waals surface area (Å²) >= 11 is 0. The zero-order valence-electron chi connectivity index (χ0n) is 16.8. The van der Waals surface area contributed by atoms with Crippen molar-refractivity contribution >= 4 is 5.57 Å². The molecular formula is C22H18F5N3O2. The zero-order chi connectivity index (χ0) is 23.1. The van der Waals surface area contributed by atoms with Crippen LogP contribution in [0.25, 0.3) is 5.57 Å². The molecule has 1 saturated heterocycles. The molecule has 32 heavy (non-hydrogen) atoms. The molecule has 0 saturated carbocycles. The third-order valence-corrected chi connectivity index (χ3v) is 5.15. The third-order valence-electron chi connectivity index (χ3n) is 5.15. The molecule has 10 heteroatoms. The van der Waals surface area contributed by atoms with Gasteiger partial charge in [-0.2, -0.15) is 5.26 Å². The molecule has 0 radical (unpaired) electrons. The Morgan fingerprint density at radius 2 is 1.78 bits per heavy atom. The van der Waals surface area contributed by atoms with Crippen LogP contribution in [0.5, 0.6) is 11.5 Å². The minimum atomic E-state index is -4.90. The van der Waals surface area contributed by atoms with Gasteiger partial charge >= 0.3 is 6.36 Å². The molecule has 5 nitrogen and oxygen atoms in total. The van der Waals surface area contributed by atoms with Gasteiger partial charge in [-0.3, -0.25) is 0 Å². The Morgan fingerprint density at radius 1 is 1.09 bits per heavy atom. The average molecular weight is 451 g/mol. The van der Waals surface area contributed by atoms with Crippen molar-refractivity contribution in [2.24, 2.45) is 0 Å². The molecule has 0 aliphatic carbocycles. The van der Waals surface area contributed by atoms with Gasteiger partial charge in [0.15, 0.2) is 0 Å². The molecule has 2 aromatic rings. The van der Waals surface area contributed by atoms with Gasteiger partial charge in [0, 0.05) is 31.1 Å². The SMILES string of the molecule is CC(F)(F)c1ccc(COc2cc(OC(F)(F)F)cc(C3=C(C#N)NN4CC4C3)c2)cc1. The summed E-state index contributed by atoms with van der Waals surface area (Å²) in [4.78, 5) is 0. The summed E-state index contributed by atoms with van der Waals surface area (Å²) in [7, 11) is 0. The summed E-state index contributed by atoms with van der Waals surface area (Å²) in [6.45, 7) is 1.48. The van der Waals surface area contributed by atoms with Crippen LogP contribution in [0, 0.1) is 11.3 Å². The van der Waals surface area contributed by atoms with Crippen LogP contribution >= 0.6 is 0 Å². The number of nitrogens with zero attached hydrogens (tertiary/aromatic N) is 2. The maximum Gasteiger partial charge on any atom is 0.573 e. The van der Waals surface area contributed by atoms with Crippen LogP contribution in [-0.2, 0) is 12.5 Å². The molecule has 2 aromatic carbocycles. The Balaban J connectivity index is 1.60. The number of nitriles is 1. The second kappa shape index (κ2) is 7.98. The number of hydrogen-bond donors (Lipinski definition) is 1. The molecule has 0 aromatic heterocycles. The fourth-order valence-electron chi connectivity index (χ4n) is 3.48. The van der Waals surface area contributed by atoms with Gasteiger partial charge in [-0.25, -0.2) is 13.8 Å². The number of nitrogens with one attached hydrogen (secondary N) is 1. The second-order valence-electron chi connectivity index (χ2n) is 7.70. The smallest absolute Gasteiger partial charge is 0.489 e. The fourth-order valence-corrected chi connectivity index (χ4v) is 3.48. The van der Waals surface area contributed by atoms with E-state index in [4.69, 9.17) is 4.74 Å². The molecule has 168 valence electrons. The molecule has 1 fully saturated rings. The standard InChI is InChI=1S/C22H18F5N3O2/c1-21(23,24)15-4-2-13(3-5-15)12-31-17-6-14(7-18(9-17)32-22(25,26)27)19-8-16-11-30(16)29-20(19)10-28/h2-7,9,16,29H,8,11-12H2,1H3. The van der Waals surface area contributed by atoms with E-state index in [-0.39, 0.29) is 29.7 Å². The summed E-state index contributed by atoms with van der Waals surface area (Å²) < 4.78 is 74.9. The van der Waals surface area contributed by atoms with Crippen molar-refractivity contribution in [3.05, 3.63) is 64.9 Å². The topological polar surface area (TPSA) is 57.3 Å². The molecule has 0 amide bonds. The highest BCUT2D eigenvalue weighted by Crippen LogP contribution is 2.38. The third kappa shape index (κ3) is 5.11. The maximum atomic E-state index is 13.4. The Labute approximate surface area is 180 Å². The summed E-state index contributed by atoms with van der Waals surface area (Å²) in [6.07, 6.45) is -4.40. The molecule has 1 N–H and O–H groups in total. The Kier molecular flexibility index (Phi) is 5.46. The van der Waals surface area contributed by atoms with Gasteiger partial charge in [0.25, 0.3) is 5.92 Å². The van der Waals surface area contributed by atoms with E-state index < -0.39 is 18.0 Å². The number of fused-ring (bicyclic) bond motifs is 1. The number of ether oxygens (including phenoxy) is 2. The van der Waals surface area contributed by atoms with E-state index in [1.54, 1.807) is 0 Å². The number of benzene rings is 2. The summed E-state index contributed by atoms with van der Waals surface area (Å²) in [5, 5.41) is 11.3. The summed E-state index contributed by atoms with van der Waals surface area (Å²) in [5.41, 5.74) is 4.54. The van der Waals surface area contributed by atoms with Gasteiger partial charge in [-0.1, -0.05) is 24.3 Å². The Bertz CT molecular complexity index is 1080. The van der Waals surface area contributed by atoms with Crippen LogP contribution in [0.3, 0.4) is 0 Å². The monoisotopic (exact) mass is 451 g/mol. The molecule has 2 aliphatic rings. The Morgan fingerprint density at radius 3 is 2.41 bits per heavy atom. The van der Waals surface area contributed by atoms with E-state index in [9.17, 15) is 27.2 Å². The van der Waals surface area contributed by atoms with Crippen LogP contribution in [0.2, 0.25) is 0 Å². The van der Waals surface area contributed by atoms with Gasteiger partial charge in [-0.15, -0.1) is 13.2 Å². The first-order valence-electron chi connectivity index (χ1n) is 9.69. The molecular weight excluding hydrogens is 433 g/mol. The average Bonchev–Trinajstić information content (AvgIpc) is 3.48. The molecule has 4 rings (SSSR count). The molecule has 0 spiro atoms. The second-order valence-corrected chi connectivity index (χ2v) is 7.70. The van der Waals surface area contributed by atoms with Crippen LogP contribution in [0.15, 0.2) is 48.2 Å². The lowest BCUT2D eigenvalue weighted by molar-refractivity contribution is -0.274. The van der Waals surface area contributed by atoms with E-state index in [2.05, 4.69) is 10.2 Å². The first-order valence-corrected chi connectivity index (χ1v) is 9.69. The van der Waals surface area contributed by atoms with Crippen LogP contribution in [0.1, 0.15) is 30.0 Å². The minimum Gasteiger partial charge on any atom is -0.489 e. The molecule has 0 bridgehead atoms. The quantitative estimate of drug-likeness (QED) is 0.489. The normalized spacial score (nSPS) is 20.2. The first-order chi connectivity index (χ1) is 15.0. The van der Waals surface area contributed by atoms with Crippen molar-refractivity contribution in [1.29, 1.82) is 5.26 Å². The van der Waals surface area contributed by atoms with E-state index >= 15 is 0 Å². The van der Waals surface area contributed by atoms with Crippen molar-refractivity contribution < 1.29 is 31.4 Å². The predicted molar refractivity (Wildman–Crippen MR) is 104 cm³/mol. The lowest BCUT2D eigenvalue weighted by Gasteiger charge is -2.20. The van der Waals surface area contributed by atoms with Crippen LogP contribution in [0.4, 0.5) is 22.0 Å². The summed E-state index contributed by atoms with van der Waals surface area (Å²) in [6, 6.07) is 11.5. The fraction of sp³-hybridized carbons (Fsp3) is 0.318. The van der Waals surface area contributed by atoms with Gasteiger partial charge in [0.2, 0.25) is 0 Å². The van der Waals surface area contributed by atoms with E-state index in [1.165, 1.54) is 36.4 Å². The van der Waals surface area contributed by atoms with Crippen molar-refractivity contribution in [3.63, 3.8) is 0 Å². The lowest BCUT2D eigenvalue weighted by atomic mass is 9.97. The van der Waals surface area contributed by atoms with E-state index in [1.807, 2.05) is 11.1 Å². The number of alkyl halides is 5. The molecule has 2 aliphatic heterocycles. The highest BCUT2D eigenvalue weighted by Gasteiger charge is 2.40. The predicted octanol–water partition coefficient (Wildman–Crippen LogP) is 5.10. The molecule has 2 atom stereocenters. The van der Waals surface area contributed by atoms with Crippen molar-refractivity contribution in [2.75, 3.05) is 6.54 Å². The molecule has 2 heterocycles. The van der Waals surface area contributed by atoms with Crippen LogP contribution < -0.4 is 14.9 Å². The molecule has 2 unspecified atom stereocenters. The number of halogens is 5. The highest BCUT2D eigenvalue weighted by atomic mass is 19.4. The number of rotatable bonds is 6. The zero-order valence-corrected chi connectivity index (χ0v) is 16.8. The maximum absolute atomic E-state index is 13.4. The van der Waals surface area contributed by atoms with Gasteiger partial charge in [-0.05, 0) is 35.3 Å². The van der Waals surface area contributed by atoms with E-state index in [0.717, 1.165) is 19.5 Å². The largest absolute Gasteiger partial charge is 0.573 e. The van der Waals surface area contributed by atoms with Crippen molar-refractivity contribution in [3.8, 4) is 17.6 Å². The van der Waals surface area contributed by atoms with Gasteiger partial charge < -0.3 is 14.9 Å². The van der Waals surface area contributed by atoms with E-state index in [0.29, 0.717) is 23.1 Å². The van der Waals surface area contributed by atoms with Crippen molar-refractivity contribution in [1.82, 2.24) is 10.4 Å². The number of hydrogen-bond acceptors (Lipinski definition) is 5. The van der Waals surface area contributed by atoms with Gasteiger partial charge in [0.1, 0.15) is 29.9 Å². The van der Waals surface area contributed by atoms with Crippen molar-refractivity contribution in [2.45, 2.75) is 38.3 Å². The van der Waals surface area contributed by atoms with Gasteiger partial charge in [0.05, 0.1) is 0 Å². The van der Waals surface area contributed by atoms with Crippen LogP contribution in [-0.4, -0.2) is 24.0 Å². The number of allylic oxidation sites excluding steroid dienone is 1. The highest BCUT2D eigenvalue weighted by molar-refractivity contribution is 5.74. The first kappa shape index (κ1) is 21.9.